The Kier molecular flexibility index (Phi) is 4.61. The highest BCUT2D eigenvalue weighted by Gasteiger charge is 2.05. The van der Waals surface area contributed by atoms with Crippen LogP contribution in [0.5, 0.6) is 0 Å². The second-order valence-electron chi connectivity index (χ2n) is 3.40. The molecule has 1 aromatic rings. The average Bonchev–Trinajstić information content (AvgIpc) is 2.27. The van der Waals surface area contributed by atoms with Crippen molar-refractivity contribution in [1.29, 1.82) is 0 Å². The second-order valence-corrected chi connectivity index (χ2v) is 3.40. The van der Waals surface area contributed by atoms with Gasteiger partial charge in [-0.05, 0) is 31.1 Å². The monoisotopic (exact) mass is 204 g/mol. The predicted molar refractivity (Wildman–Crippen MR) is 60.8 cm³/mol. The molecular formula is C13H16O2. The Labute approximate surface area is 90.6 Å². The van der Waals surface area contributed by atoms with E-state index in [1.165, 1.54) is 0 Å². The molecule has 0 bridgehead atoms. The summed E-state index contributed by atoms with van der Waals surface area (Å²) in [5, 5.41) is 0. The van der Waals surface area contributed by atoms with Crippen LogP contribution in [0.25, 0.3) is 0 Å². The van der Waals surface area contributed by atoms with E-state index < -0.39 is 0 Å². The lowest BCUT2D eigenvalue weighted by molar-refractivity contribution is 0.0540. The largest absolute Gasteiger partial charge is 0.458 e. The lowest BCUT2D eigenvalue weighted by Crippen LogP contribution is -2.06. The van der Waals surface area contributed by atoms with Gasteiger partial charge in [-0.15, -0.1) is 0 Å². The van der Waals surface area contributed by atoms with E-state index >= 15 is 0 Å². The molecule has 2 heteroatoms. The Morgan fingerprint density at radius 3 is 2.60 bits per heavy atom. The molecule has 0 aromatic heterocycles. The normalized spacial score (nSPS) is 11.2. The lowest BCUT2D eigenvalue weighted by Gasteiger charge is -2.04. The Balaban J connectivity index is 2.47. The predicted octanol–water partition coefficient (Wildman–Crippen LogP) is 3.20. The van der Waals surface area contributed by atoms with Crippen molar-refractivity contribution in [2.75, 3.05) is 6.61 Å². The van der Waals surface area contributed by atoms with Gasteiger partial charge in [0.25, 0.3) is 0 Å². The van der Waals surface area contributed by atoms with Gasteiger partial charge in [0.2, 0.25) is 0 Å². The Hall–Kier alpha value is -1.57. The van der Waals surface area contributed by atoms with E-state index in [4.69, 9.17) is 4.74 Å². The second kappa shape index (κ2) is 6.02. The molecule has 0 unspecified atom stereocenters. The van der Waals surface area contributed by atoms with Gasteiger partial charge in [-0.1, -0.05) is 31.2 Å². The summed E-state index contributed by atoms with van der Waals surface area (Å²) in [5.41, 5.74) is 1.68. The maximum Gasteiger partial charge on any atom is 0.338 e. The zero-order chi connectivity index (χ0) is 11.1. The number of allylic oxidation sites excluding steroid dienone is 1. The lowest BCUT2D eigenvalue weighted by atomic mass is 10.2. The molecule has 0 N–H and O–H groups in total. The van der Waals surface area contributed by atoms with Crippen molar-refractivity contribution in [3.8, 4) is 0 Å². The van der Waals surface area contributed by atoms with Crippen molar-refractivity contribution >= 4 is 5.97 Å². The van der Waals surface area contributed by atoms with Crippen LogP contribution in [-0.2, 0) is 4.74 Å². The molecule has 1 aromatic carbocycles. The first kappa shape index (κ1) is 11.5. The van der Waals surface area contributed by atoms with Crippen LogP contribution in [0.2, 0.25) is 0 Å². The molecule has 1 rings (SSSR count). The molecule has 80 valence electrons. The summed E-state index contributed by atoms with van der Waals surface area (Å²) in [6.07, 6.45) is 3.02. The van der Waals surface area contributed by atoms with E-state index in [0.717, 1.165) is 12.0 Å². The van der Waals surface area contributed by atoms with Crippen molar-refractivity contribution in [3.63, 3.8) is 0 Å². The Morgan fingerprint density at radius 1 is 1.33 bits per heavy atom. The first-order chi connectivity index (χ1) is 7.24. The molecule has 15 heavy (non-hydrogen) atoms. The molecule has 2 nitrogen and oxygen atoms in total. The highest BCUT2D eigenvalue weighted by molar-refractivity contribution is 5.89. The summed E-state index contributed by atoms with van der Waals surface area (Å²) in [5.74, 6) is -0.264. The number of hydrogen-bond acceptors (Lipinski definition) is 2. The zero-order valence-electron chi connectivity index (χ0n) is 9.19. The number of esters is 1. The molecule has 0 aliphatic carbocycles. The summed E-state index contributed by atoms with van der Waals surface area (Å²) >= 11 is 0. The maximum absolute atomic E-state index is 11.5. The fraction of sp³-hybridized carbons (Fsp3) is 0.308. The highest BCUT2D eigenvalue weighted by atomic mass is 16.5. The molecule has 0 aliphatic rings. The number of benzene rings is 1. The Morgan fingerprint density at radius 2 is 2.00 bits per heavy atom. The van der Waals surface area contributed by atoms with Gasteiger partial charge in [-0.2, -0.15) is 0 Å². The standard InChI is InChI=1S/C13H16O2/c1-3-7-11(2)10-15-13(14)12-8-5-4-6-9-12/h4-9H,3,10H2,1-2H3/b11-7+. The summed E-state index contributed by atoms with van der Waals surface area (Å²) in [7, 11) is 0. The van der Waals surface area contributed by atoms with E-state index in [-0.39, 0.29) is 5.97 Å². The van der Waals surface area contributed by atoms with Gasteiger partial charge in [0.1, 0.15) is 6.61 Å². The smallest absolute Gasteiger partial charge is 0.338 e. The van der Waals surface area contributed by atoms with Crippen LogP contribution in [0, 0.1) is 0 Å². The number of carbonyl (C=O) groups is 1. The quantitative estimate of drug-likeness (QED) is 0.556. The van der Waals surface area contributed by atoms with Crippen molar-refractivity contribution in [2.45, 2.75) is 20.3 Å². The third kappa shape index (κ3) is 3.98. The molecule has 0 heterocycles. The maximum atomic E-state index is 11.5. The van der Waals surface area contributed by atoms with Gasteiger partial charge < -0.3 is 4.74 Å². The number of ether oxygens (including phenoxy) is 1. The van der Waals surface area contributed by atoms with Gasteiger partial charge in [0.15, 0.2) is 0 Å². The Bertz CT molecular complexity index is 339. The van der Waals surface area contributed by atoms with Crippen molar-refractivity contribution < 1.29 is 9.53 Å². The van der Waals surface area contributed by atoms with Crippen LogP contribution in [0.15, 0.2) is 42.0 Å². The molecule has 0 atom stereocenters. The molecule has 0 fully saturated rings. The summed E-state index contributed by atoms with van der Waals surface area (Å²) in [4.78, 5) is 11.5. The minimum Gasteiger partial charge on any atom is -0.458 e. The van der Waals surface area contributed by atoms with Gasteiger partial charge >= 0.3 is 5.97 Å². The van der Waals surface area contributed by atoms with Crippen LogP contribution in [0.1, 0.15) is 30.6 Å². The van der Waals surface area contributed by atoms with Crippen LogP contribution < -0.4 is 0 Å². The third-order valence-corrected chi connectivity index (χ3v) is 1.99. The molecule has 0 radical (unpaired) electrons. The van der Waals surface area contributed by atoms with Gasteiger partial charge in [0, 0.05) is 0 Å². The van der Waals surface area contributed by atoms with Gasteiger partial charge in [-0.3, -0.25) is 0 Å². The van der Waals surface area contributed by atoms with Gasteiger partial charge in [-0.25, -0.2) is 4.79 Å². The molecule has 0 saturated carbocycles. The van der Waals surface area contributed by atoms with Crippen molar-refractivity contribution in [1.82, 2.24) is 0 Å². The fourth-order valence-electron chi connectivity index (χ4n) is 1.24. The van der Waals surface area contributed by atoms with E-state index in [1.807, 2.05) is 25.1 Å². The minimum absolute atomic E-state index is 0.264. The number of rotatable bonds is 4. The zero-order valence-corrected chi connectivity index (χ0v) is 9.19. The van der Waals surface area contributed by atoms with Crippen LogP contribution in [0.3, 0.4) is 0 Å². The first-order valence-electron chi connectivity index (χ1n) is 5.12. The minimum atomic E-state index is -0.264. The number of hydrogen-bond donors (Lipinski definition) is 0. The molecule has 0 aliphatic heterocycles. The fourth-order valence-corrected chi connectivity index (χ4v) is 1.24. The molecule has 0 spiro atoms. The summed E-state index contributed by atoms with van der Waals surface area (Å²) in [6.45, 7) is 4.39. The molecule has 0 amide bonds. The van der Waals surface area contributed by atoms with Crippen LogP contribution >= 0.6 is 0 Å². The van der Waals surface area contributed by atoms with E-state index in [0.29, 0.717) is 12.2 Å². The van der Waals surface area contributed by atoms with E-state index in [1.54, 1.807) is 12.1 Å². The van der Waals surface area contributed by atoms with Crippen molar-refractivity contribution in [2.24, 2.45) is 0 Å². The highest BCUT2D eigenvalue weighted by Crippen LogP contribution is 2.03. The number of carbonyl (C=O) groups excluding carboxylic acids is 1. The molecular weight excluding hydrogens is 188 g/mol. The van der Waals surface area contributed by atoms with Crippen LogP contribution in [-0.4, -0.2) is 12.6 Å². The van der Waals surface area contributed by atoms with Crippen LogP contribution in [0.4, 0.5) is 0 Å². The van der Waals surface area contributed by atoms with Gasteiger partial charge in [0.05, 0.1) is 5.56 Å². The third-order valence-electron chi connectivity index (χ3n) is 1.99. The van der Waals surface area contributed by atoms with E-state index in [2.05, 4.69) is 13.0 Å². The summed E-state index contributed by atoms with van der Waals surface area (Å²) in [6, 6.07) is 9.03. The van der Waals surface area contributed by atoms with Crippen molar-refractivity contribution in [3.05, 3.63) is 47.5 Å². The molecule has 0 saturated heterocycles. The topological polar surface area (TPSA) is 26.3 Å². The first-order valence-corrected chi connectivity index (χ1v) is 5.12. The SMILES string of the molecule is CC/C=C(\C)COC(=O)c1ccccc1. The average molecular weight is 204 g/mol. The van der Waals surface area contributed by atoms with E-state index in [9.17, 15) is 4.79 Å². The summed E-state index contributed by atoms with van der Waals surface area (Å²) < 4.78 is 5.14.